The standard InChI is InChI=1S/C26H25FN6O2/c1-15-21(16-13-28-32(2)14-16)31-33(18-6-4-3-5-7-18)24(15)30-25(35)29-22-19-12-17(27)8-9-20(19)26(10-11-26)23(22)34/h3-9,12-14,22-23,34H,10-11H2,1-2H3,(H2,29,30,35)/t22?,23-/m0/s1. The molecule has 1 fully saturated rings. The number of carbonyl (C=O) groups excluding carboxylic acids is 1. The fraction of sp³-hybridized carbons (Fsp3) is 0.269. The minimum Gasteiger partial charge on any atom is -0.390 e. The Balaban J connectivity index is 1.34. The van der Waals surface area contributed by atoms with Crippen LogP contribution in [0.4, 0.5) is 15.0 Å². The number of nitrogens with one attached hydrogen (secondary N) is 2. The Hall–Kier alpha value is -3.98. The van der Waals surface area contributed by atoms with Crippen molar-refractivity contribution in [2.24, 2.45) is 7.05 Å². The second-order valence-corrected chi connectivity index (χ2v) is 9.38. The second kappa shape index (κ2) is 7.78. The molecule has 0 aliphatic heterocycles. The number of amides is 2. The number of fused-ring (bicyclic) bond motifs is 2. The van der Waals surface area contributed by atoms with E-state index in [0.717, 1.165) is 35.2 Å². The maximum absolute atomic E-state index is 14.0. The van der Waals surface area contributed by atoms with Crippen LogP contribution in [0.3, 0.4) is 0 Å². The first-order chi connectivity index (χ1) is 16.9. The third kappa shape index (κ3) is 3.42. The van der Waals surface area contributed by atoms with Gasteiger partial charge in [0.1, 0.15) is 17.3 Å². The van der Waals surface area contributed by atoms with Gasteiger partial charge in [-0.15, -0.1) is 0 Å². The smallest absolute Gasteiger partial charge is 0.320 e. The van der Waals surface area contributed by atoms with Gasteiger partial charge in [0.25, 0.3) is 0 Å². The number of aryl methyl sites for hydroxylation is 1. The molecule has 0 radical (unpaired) electrons. The van der Waals surface area contributed by atoms with Crippen LogP contribution in [-0.2, 0) is 12.5 Å². The number of aliphatic hydroxyl groups is 1. The van der Waals surface area contributed by atoms with Crippen molar-refractivity contribution in [2.75, 3.05) is 5.32 Å². The molecule has 3 N–H and O–H groups in total. The van der Waals surface area contributed by atoms with Gasteiger partial charge in [-0.2, -0.15) is 10.2 Å². The monoisotopic (exact) mass is 472 g/mol. The van der Waals surface area contributed by atoms with E-state index in [4.69, 9.17) is 5.10 Å². The van der Waals surface area contributed by atoms with Crippen molar-refractivity contribution in [3.05, 3.63) is 83.4 Å². The second-order valence-electron chi connectivity index (χ2n) is 9.38. The van der Waals surface area contributed by atoms with Gasteiger partial charge in [-0.05, 0) is 55.2 Å². The Kier molecular flexibility index (Phi) is 4.79. The lowest BCUT2D eigenvalue weighted by Crippen LogP contribution is -2.39. The normalized spacial score (nSPS) is 19.5. The van der Waals surface area contributed by atoms with Crippen LogP contribution in [0, 0.1) is 12.7 Å². The number of urea groups is 1. The zero-order valence-corrected chi connectivity index (χ0v) is 19.4. The highest BCUT2D eigenvalue weighted by atomic mass is 19.1. The number of halogens is 1. The molecule has 6 rings (SSSR count). The molecule has 2 amide bonds. The number of rotatable bonds is 4. The van der Waals surface area contributed by atoms with Gasteiger partial charge in [0.05, 0.1) is 24.0 Å². The highest BCUT2D eigenvalue weighted by Crippen LogP contribution is 2.60. The van der Waals surface area contributed by atoms with Crippen molar-refractivity contribution >= 4 is 11.8 Å². The summed E-state index contributed by atoms with van der Waals surface area (Å²) in [5, 5.41) is 25.9. The molecule has 178 valence electrons. The van der Waals surface area contributed by atoms with Crippen molar-refractivity contribution in [1.29, 1.82) is 0 Å². The molecule has 0 saturated heterocycles. The molecule has 2 aliphatic rings. The first-order valence-electron chi connectivity index (χ1n) is 11.6. The topological polar surface area (TPSA) is 97.0 Å². The third-order valence-corrected chi connectivity index (χ3v) is 7.18. The molecule has 1 unspecified atom stereocenters. The SMILES string of the molecule is Cc1c(-c2cnn(C)c2)nn(-c2ccccc2)c1NC(=O)NC1c2cc(F)ccc2C2(CC2)[C@H]1O. The van der Waals surface area contributed by atoms with Gasteiger partial charge in [0.15, 0.2) is 0 Å². The van der Waals surface area contributed by atoms with Crippen LogP contribution in [0.2, 0.25) is 0 Å². The number of aliphatic hydroxyl groups excluding tert-OH is 1. The largest absolute Gasteiger partial charge is 0.390 e. The van der Waals surface area contributed by atoms with E-state index in [1.165, 1.54) is 12.1 Å². The van der Waals surface area contributed by atoms with Crippen molar-refractivity contribution in [1.82, 2.24) is 24.9 Å². The molecule has 2 heterocycles. The molecular weight excluding hydrogens is 447 g/mol. The van der Waals surface area contributed by atoms with E-state index in [1.807, 2.05) is 50.5 Å². The first-order valence-corrected chi connectivity index (χ1v) is 11.6. The van der Waals surface area contributed by atoms with Gasteiger partial charge in [0, 0.05) is 29.8 Å². The van der Waals surface area contributed by atoms with Gasteiger partial charge in [-0.3, -0.25) is 10.00 Å². The van der Waals surface area contributed by atoms with E-state index in [9.17, 15) is 14.3 Å². The maximum Gasteiger partial charge on any atom is 0.320 e. The van der Waals surface area contributed by atoms with Gasteiger partial charge >= 0.3 is 6.03 Å². The zero-order chi connectivity index (χ0) is 24.3. The van der Waals surface area contributed by atoms with Crippen LogP contribution >= 0.6 is 0 Å². The third-order valence-electron chi connectivity index (χ3n) is 7.18. The molecule has 35 heavy (non-hydrogen) atoms. The summed E-state index contributed by atoms with van der Waals surface area (Å²) in [6, 6.07) is 12.9. The number of hydrogen-bond acceptors (Lipinski definition) is 4. The molecule has 1 spiro atoms. The summed E-state index contributed by atoms with van der Waals surface area (Å²) in [5.74, 6) is 0.112. The summed E-state index contributed by atoms with van der Waals surface area (Å²) in [4.78, 5) is 13.2. The number of anilines is 1. The number of hydrogen-bond donors (Lipinski definition) is 3. The minimum absolute atomic E-state index is 0.389. The van der Waals surface area contributed by atoms with Crippen molar-refractivity contribution in [2.45, 2.75) is 37.3 Å². The molecule has 0 bridgehead atoms. The molecule has 8 nitrogen and oxygen atoms in total. The number of aromatic nitrogens is 4. The van der Waals surface area contributed by atoms with Crippen LogP contribution < -0.4 is 10.6 Å². The van der Waals surface area contributed by atoms with Crippen LogP contribution in [0.5, 0.6) is 0 Å². The highest BCUT2D eigenvalue weighted by molar-refractivity contribution is 5.91. The van der Waals surface area contributed by atoms with Gasteiger partial charge in [0.2, 0.25) is 0 Å². The summed E-state index contributed by atoms with van der Waals surface area (Å²) in [6.45, 7) is 1.89. The van der Waals surface area contributed by atoms with E-state index in [1.54, 1.807) is 21.6 Å². The van der Waals surface area contributed by atoms with Crippen molar-refractivity contribution in [3.8, 4) is 16.9 Å². The fourth-order valence-corrected chi connectivity index (χ4v) is 5.25. The first kappa shape index (κ1) is 21.5. The van der Waals surface area contributed by atoms with Gasteiger partial charge in [-0.25, -0.2) is 13.9 Å². The van der Waals surface area contributed by atoms with Crippen LogP contribution in [0.15, 0.2) is 60.9 Å². The van der Waals surface area contributed by atoms with Crippen molar-refractivity contribution < 1.29 is 14.3 Å². The van der Waals surface area contributed by atoms with Crippen LogP contribution in [0.25, 0.3) is 16.9 Å². The Morgan fingerprint density at radius 2 is 1.97 bits per heavy atom. The quantitative estimate of drug-likeness (QED) is 0.418. The van der Waals surface area contributed by atoms with E-state index >= 15 is 0 Å². The van der Waals surface area contributed by atoms with E-state index in [2.05, 4.69) is 15.7 Å². The van der Waals surface area contributed by atoms with Crippen LogP contribution in [-0.4, -0.2) is 36.8 Å². The fourth-order valence-electron chi connectivity index (χ4n) is 5.25. The van der Waals surface area contributed by atoms with Gasteiger partial charge < -0.3 is 10.4 Å². The van der Waals surface area contributed by atoms with Gasteiger partial charge in [-0.1, -0.05) is 24.3 Å². The molecule has 9 heteroatoms. The number of benzene rings is 2. The van der Waals surface area contributed by atoms with E-state index in [0.29, 0.717) is 17.1 Å². The molecule has 2 atom stereocenters. The van der Waals surface area contributed by atoms with E-state index < -0.39 is 23.6 Å². The van der Waals surface area contributed by atoms with E-state index in [-0.39, 0.29) is 5.82 Å². The zero-order valence-electron chi connectivity index (χ0n) is 19.4. The predicted molar refractivity (Wildman–Crippen MR) is 129 cm³/mol. The molecule has 2 aromatic carbocycles. The lowest BCUT2D eigenvalue weighted by molar-refractivity contribution is 0.109. The summed E-state index contributed by atoms with van der Waals surface area (Å²) >= 11 is 0. The summed E-state index contributed by atoms with van der Waals surface area (Å²) in [6.07, 6.45) is 4.42. The Morgan fingerprint density at radius 1 is 1.20 bits per heavy atom. The van der Waals surface area contributed by atoms with Crippen LogP contribution in [0.1, 0.15) is 35.6 Å². The molecule has 4 aromatic rings. The molecule has 2 aliphatic carbocycles. The number of nitrogens with zero attached hydrogens (tertiary/aromatic N) is 4. The Labute approximate surface area is 201 Å². The Bertz CT molecular complexity index is 1440. The lowest BCUT2D eigenvalue weighted by Gasteiger charge is -2.21. The number of para-hydroxylation sites is 1. The highest BCUT2D eigenvalue weighted by Gasteiger charge is 2.59. The molecular formula is C26H25FN6O2. The Morgan fingerprint density at radius 3 is 2.66 bits per heavy atom. The summed E-state index contributed by atoms with van der Waals surface area (Å²) in [5.41, 5.74) is 4.24. The average Bonchev–Trinajstić information content (AvgIpc) is 3.38. The summed E-state index contributed by atoms with van der Waals surface area (Å²) in [7, 11) is 1.83. The lowest BCUT2D eigenvalue weighted by atomic mass is 9.96. The minimum atomic E-state index is -0.809. The van der Waals surface area contributed by atoms with Crippen molar-refractivity contribution in [3.63, 3.8) is 0 Å². The average molecular weight is 473 g/mol. The summed E-state index contributed by atoms with van der Waals surface area (Å²) < 4.78 is 17.4. The predicted octanol–water partition coefficient (Wildman–Crippen LogP) is 3.99. The molecule has 1 saturated carbocycles. The maximum atomic E-state index is 14.0. The number of carbonyl (C=O) groups is 1. The molecule has 2 aromatic heterocycles.